The molecule has 0 amide bonds. The van der Waals surface area contributed by atoms with Crippen molar-refractivity contribution in [3.63, 3.8) is 0 Å². The number of nitrogens with zero attached hydrogens (tertiary/aromatic N) is 1. The van der Waals surface area contributed by atoms with Gasteiger partial charge in [-0.1, -0.05) is 18.2 Å². The van der Waals surface area contributed by atoms with Gasteiger partial charge in [0.1, 0.15) is 0 Å². The number of anilines is 1. The molecule has 0 unspecified atom stereocenters. The Kier molecular flexibility index (Phi) is 1.57. The third-order valence-corrected chi connectivity index (χ3v) is 3.04. The second-order valence-corrected chi connectivity index (χ2v) is 4.06. The van der Waals surface area contributed by atoms with Crippen molar-refractivity contribution >= 4 is 16.6 Å². The predicted octanol–water partition coefficient (Wildman–Crippen LogP) is 2.77. The van der Waals surface area contributed by atoms with Crippen molar-refractivity contribution in [2.24, 2.45) is 0 Å². The Bertz CT molecular complexity index is 454. The molecule has 0 atom stereocenters. The minimum Gasteiger partial charge on any atom is -0.370 e. The van der Waals surface area contributed by atoms with E-state index >= 15 is 0 Å². The van der Waals surface area contributed by atoms with Crippen molar-refractivity contribution < 1.29 is 0 Å². The highest BCUT2D eigenvalue weighted by molar-refractivity contribution is 5.92. The number of fused-ring (bicyclic) bond motifs is 1. The highest BCUT2D eigenvalue weighted by Gasteiger charge is 2.27. The van der Waals surface area contributed by atoms with Gasteiger partial charge in [-0.05, 0) is 18.9 Å². The summed E-state index contributed by atoms with van der Waals surface area (Å²) in [5.41, 5.74) is 2.57. The van der Waals surface area contributed by atoms with Gasteiger partial charge in [-0.2, -0.15) is 0 Å². The summed E-state index contributed by atoms with van der Waals surface area (Å²) in [6.45, 7) is 0. The Morgan fingerprint density at radius 2 is 2.07 bits per heavy atom. The molecule has 1 aromatic heterocycles. The molecule has 1 fully saturated rings. The van der Waals surface area contributed by atoms with Crippen LogP contribution >= 0.6 is 0 Å². The minimum atomic E-state index is 0.772. The van der Waals surface area contributed by atoms with E-state index in [1.807, 2.05) is 0 Å². The largest absolute Gasteiger partial charge is 0.370 e. The molecule has 1 N–H and O–H groups in total. The molecule has 2 aromatic rings. The summed E-state index contributed by atoms with van der Waals surface area (Å²) in [6.07, 6.45) is 4.80. The number of H-pyrrole nitrogens is 1. The SMILES string of the molecule is CN(c1c[nH]c2ccccc12)C1CC1. The molecule has 1 aromatic carbocycles. The first-order valence-corrected chi connectivity index (χ1v) is 5.15. The lowest BCUT2D eigenvalue weighted by molar-refractivity contribution is 0.922. The van der Waals surface area contributed by atoms with Crippen LogP contribution in [0, 0.1) is 0 Å². The number of rotatable bonds is 2. The van der Waals surface area contributed by atoms with E-state index in [1.54, 1.807) is 0 Å². The van der Waals surface area contributed by atoms with Gasteiger partial charge in [-0.25, -0.2) is 0 Å². The summed E-state index contributed by atoms with van der Waals surface area (Å²) in [5.74, 6) is 0. The van der Waals surface area contributed by atoms with Gasteiger partial charge in [0.2, 0.25) is 0 Å². The molecule has 1 heterocycles. The van der Waals surface area contributed by atoms with E-state index in [0.717, 1.165) is 6.04 Å². The highest BCUT2D eigenvalue weighted by atomic mass is 15.2. The van der Waals surface area contributed by atoms with Crippen LogP contribution in [0.2, 0.25) is 0 Å². The molecule has 0 aliphatic heterocycles. The van der Waals surface area contributed by atoms with Crippen molar-refractivity contribution in [1.82, 2.24) is 4.98 Å². The standard InChI is InChI=1S/C12H14N2/c1-14(9-6-7-9)12-8-13-11-5-3-2-4-10(11)12/h2-5,8-9,13H,6-7H2,1H3. The van der Waals surface area contributed by atoms with Crippen LogP contribution < -0.4 is 4.90 Å². The lowest BCUT2D eigenvalue weighted by Crippen LogP contribution is -2.18. The van der Waals surface area contributed by atoms with Gasteiger partial charge in [0.25, 0.3) is 0 Å². The van der Waals surface area contributed by atoms with Crippen molar-refractivity contribution in [2.45, 2.75) is 18.9 Å². The topological polar surface area (TPSA) is 19.0 Å². The van der Waals surface area contributed by atoms with Gasteiger partial charge in [-0.3, -0.25) is 0 Å². The van der Waals surface area contributed by atoms with Crippen LogP contribution in [-0.2, 0) is 0 Å². The number of aromatic amines is 1. The summed E-state index contributed by atoms with van der Waals surface area (Å²) in [5, 5.41) is 1.34. The van der Waals surface area contributed by atoms with Crippen molar-refractivity contribution in [3.05, 3.63) is 30.5 Å². The molecule has 1 saturated carbocycles. The van der Waals surface area contributed by atoms with Gasteiger partial charge in [0.05, 0.1) is 5.69 Å². The smallest absolute Gasteiger partial charge is 0.0623 e. The Morgan fingerprint density at radius 1 is 1.29 bits per heavy atom. The number of hydrogen-bond acceptors (Lipinski definition) is 1. The number of para-hydroxylation sites is 1. The first-order chi connectivity index (χ1) is 6.86. The normalized spacial score (nSPS) is 16.1. The lowest BCUT2D eigenvalue weighted by Gasteiger charge is -2.16. The Morgan fingerprint density at radius 3 is 2.86 bits per heavy atom. The fourth-order valence-corrected chi connectivity index (χ4v) is 2.01. The molecule has 1 aliphatic carbocycles. The Balaban J connectivity index is 2.11. The van der Waals surface area contributed by atoms with Crippen LogP contribution in [0.3, 0.4) is 0 Å². The van der Waals surface area contributed by atoms with E-state index < -0.39 is 0 Å². The molecular formula is C12H14N2. The van der Waals surface area contributed by atoms with Crippen molar-refractivity contribution in [1.29, 1.82) is 0 Å². The third kappa shape index (κ3) is 1.10. The fraction of sp³-hybridized carbons (Fsp3) is 0.333. The Labute approximate surface area is 83.5 Å². The summed E-state index contributed by atoms with van der Waals surface area (Å²) in [6, 6.07) is 9.24. The molecule has 0 radical (unpaired) electrons. The van der Waals surface area contributed by atoms with Gasteiger partial charge >= 0.3 is 0 Å². The van der Waals surface area contributed by atoms with Crippen molar-refractivity contribution in [2.75, 3.05) is 11.9 Å². The van der Waals surface area contributed by atoms with Crippen LogP contribution in [0.25, 0.3) is 10.9 Å². The average molecular weight is 186 g/mol. The molecule has 0 spiro atoms. The van der Waals surface area contributed by atoms with Crippen LogP contribution in [0.1, 0.15) is 12.8 Å². The van der Waals surface area contributed by atoms with E-state index in [1.165, 1.54) is 29.4 Å². The van der Waals surface area contributed by atoms with E-state index in [-0.39, 0.29) is 0 Å². The minimum absolute atomic E-state index is 0.772. The van der Waals surface area contributed by atoms with Crippen molar-refractivity contribution in [3.8, 4) is 0 Å². The zero-order chi connectivity index (χ0) is 9.54. The third-order valence-electron chi connectivity index (χ3n) is 3.04. The second-order valence-electron chi connectivity index (χ2n) is 4.06. The summed E-state index contributed by atoms with van der Waals surface area (Å²) in [7, 11) is 2.19. The molecule has 2 nitrogen and oxygen atoms in total. The fourth-order valence-electron chi connectivity index (χ4n) is 2.01. The first kappa shape index (κ1) is 7.92. The van der Waals surface area contributed by atoms with E-state index in [0.29, 0.717) is 0 Å². The zero-order valence-electron chi connectivity index (χ0n) is 8.33. The maximum Gasteiger partial charge on any atom is 0.0623 e. The first-order valence-electron chi connectivity index (χ1n) is 5.15. The second kappa shape index (κ2) is 2.77. The lowest BCUT2D eigenvalue weighted by atomic mass is 10.2. The number of nitrogens with one attached hydrogen (secondary N) is 1. The molecule has 1 aliphatic rings. The zero-order valence-corrected chi connectivity index (χ0v) is 8.33. The molecule has 3 rings (SSSR count). The van der Waals surface area contributed by atoms with Gasteiger partial charge < -0.3 is 9.88 Å². The number of aromatic nitrogens is 1. The maximum absolute atomic E-state index is 3.31. The van der Waals surface area contributed by atoms with Gasteiger partial charge in [0, 0.05) is 30.2 Å². The molecule has 0 saturated heterocycles. The maximum atomic E-state index is 3.31. The van der Waals surface area contributed by atoms with E-state index in [4.69, 9.17) is 0 Å². The van der Waals surface area contributed by atoms with Crippen LogP contribution in [0.15, 0.2) is 30.5 Å². The van der Waals surface area contributed by atoms with Crippen LogP contribution in [0.4, 0.5) is 5.69 Å². The van der Waals surface area contributed by atoms with Gasteiger partial charge in [0.15, 0.2) is 0 Å². The molecule has 72 valence electrons. The van der Waals surface area contributed by atoms with Gasteiger partial charge in [-0.15, -0.1) is 0 Å². The molecule has 0 bridgehead atoms. The van der Waals surface area contributed by atoms with E-state index in [2.05, 4.69) is 47.4 Å². The highest BCUT2D eigenvalue weighted by Crippen LogP contribution is 2.34. The molecular weight excluding hydrogens is 172 g/mol. The molecule has 2 heteroatoms. The van der Waals surface area contributed by atoms with Crippen LogP contribution in [-0.4, -0.2) is 18.1 Å². The summed E-state index contributed by atoms with van der Waals surface area (Å²) < 4.78 is 0. The van der Waals surface area contributed by atoms with Crippen LogP contribution in [0.5, 0.6) is 0 Å². The number of benzene rings is 1. The van der Waals surface area contributed by atoms with E-state index in [9.17, 15) is 0 Å². The summed E-state index contributed by atoms with van der Waals surface area (Å²) >= 11 is 0. The Hall–Kier alpha value is -1.44. The monoisotopic (exact) mass is 186 g/mol. The predicted molar refractivity (Wildman–Crippen MR) is 59.7 cm³/mol. The summed E-state index contributed by atoms with van der Waals surface area (Å²) in [4.78, 5) is 5.70. The molecule has 14 heavy (non-hydrogen) atoms. The average Bonchev–Trinajstić information content (AvgIpc) is 2.97. The quantitative estimate of drug-likeness (QED) is 0.764. The number of hydrogen-bond donors (Lipinski definition) is 1.